The Morgan fingerprint density at radius 2 is 1.76 bits per heavy atom. The van der Waals surface area contributed by atoms with Gasteiger partial charge in [0.25, 0.3) is 0 Å². The fraction of sp³-hybridized carbons (Fsp3) is 0. The normalized spacial score (nSPS) is 11.5. The van der Waals surface area contributed by atoms with E-state index in [2.05, 4.69) is 52.4 Å². The Bertz CT molecular complexity index is 837. The van der Waals surface area contributed by atoms with Crippen LogP contribution in [0.3, 0.4) is 0 Å². The van der Waals surface area contributed by atoms with Crippen LogP contribution in [0.25, 0.3) is 32.6 Å². The van der Waals surface area contributed by atoms with Gasteiger partial charge in [-0.25, -0.2) is 0 Å². The molecule has 2 aromatic carbocycles. The molecule has 0 radical (unpaired) electrons. The molecule has 2 heteroatoms. The van der Waals surface area contributed by atoms with Crippen molar-refractivity contribution in [2.45, 2.75) is 0 Å². The summed E-state index contributed by atoms with van der Waals surface area (Å²) in [5, 5.41) is 4.96. The van der Waals surface area contributed by atoms with E-state index in [-0.39, 0.29) is 0 Å². The van der Waals surface area contributed by atoms with E-state index in [0.29, 0.717) is 0 Å². The maximum absolute atomic E-state index is 4.16. The summed E-state index contributed by atoms with van der Waals surface area (Å²) in [5.41, 5.74) is 2.36. The second-order valence-electron chi connectivity index (χ2n) is 4.29. The maximum atomic E-state index is 4.16. The second-order valence-corrected chi connectivity index (χ2v) is 4.29. The number of para-hydroxylation sites is 1. The Kier molecular flexibility index (Phi) is 1.59. The number of H-pyrrole nitrogens is 1. The highest BCUT2D eigenvalue weighted by Gasteiger charge is 2.04. The van der Waals surface area contributed by atoms with Crippen LogP contribution < -0.4 is 0 Å². The van der Waals surface area contributed by atoms with Gasteiger partial charge < -0.3 is 4.98 Å². The summed E-state index contributed by atoms with van der Waals surface area (Å²) >= 11 is 0. The van der Waals surface area contributed by atoms with Crippen molar-refractivity contribution in [1.29, 1.82) is 0 Å². The lowest BCUT2D eigenvalue weighted by Crippen LogP contribution is -1.75. The molecule has 17 heavy (non-hydrogen) atoms. The summed E-state index contributed by atoms with van der Waals surface area (Å²) in [5.74, 6) is 0. The minimum atomic E-state index is 1.17. The van der Waals surface area contributed by atoms with E-state index in [0.717, 1.165) is 0 Å². The molecule has 0 bridgehead atoms. The van der Waals surface area contributed by atoms with Gasteiger partial charge in [0, 0.05) is 39.6 Å². The summed E-state index contributed by atoms with van der Waals surface area (Å²) in [6.07, 6.45) is 3.74. The Hall–Kier alpha value is -2.35. The minimum Gasteiger partial charge on any atom is -0.354 e. The fourth-order valence-corrected chi connectivity index (χ4v) is 2.43. The van der Waals surface area contributed by atoms with Crippen molar-refractivity contribution in [3.05, 3.63) is 54.9 Å². The largest absolute Gasteiger partial charge is 0.354 e. The molecule has 4 rings (SSSR count). The Labute approximate surface area is 97.9 Å². The van der Waals surface area contributed by atoms with Gasteiger partial charge in [0.15, 0.2) is 0 Å². The van der Waals surface area contributed by atoms with Crippen molar-refractivity contribution < 1.29 is 0 Å². The van der Waals surface area contributed by atoms with Crippen molar-refractivity contribution in [2.75, 3.05) is 0 Å². The molecule has 2 nitrogen and oxygen atoms in total. The van der Waals surface area contributed by atoms with E-state index in [1.165, 1.54) is 32.6 Å². The maximum Gasteiger partial charge on any atom is 0.0471 e. The quantitative estimate of drug-likeness (QED) is 0.477. The number of benzene rings is 2. The third-order valence-electron chi connectivity index (χ3n) is 3.26. The van der Waals surface area contributed by atoms with Gasteiger partial charge in [0.05, 0.1) is 0 Å². The molecule has 4 aromatic rings. The monoisotopic (exact) mass is 218 g/mol. The third-order valence-corrected chi connectivity index (χ3v) is 3.26. The number of hydrogen-bond acceptors (Lipinski definition) is 1. The van der Waals surface area contributed by atoms with Crippen LogP contribution in [0.5, 0.6) is 0 Å². The van der Waals surface area contributed by atoms with Gasteiger partial charge in [0.1, 0.15) is 0 Å². The van der Waals surface area contributed by atoms with Crippen LogP contribution in [0.4, 0.5) is 0 Å². The Morgan fingerprint density at radius 1 is 0.824 bits per heavy atom. The van der Waals surface area contributed by atoms with Gasteiger partial charge in [-0.2, -0.15) is 0 Å². The van der Waals surface area contributed by atoms with Gasteiger partial charge in [-0.15, -0.1) is 0 Å². The zero-order chi connectivity index (χ0) is 11.2. The van der Waals surface area contributed by atoms with Gasteiger partial charge in [-0.3, -0.25) is 4.98 Å². The molecule has 0 atom stereocenters. The minimum absolute atomic E-state index is 1.17. The standard InChI is InChI=1S/C15H10N2/c1-2-4-14-12(3-1)13-7-10-5-6-16-9-11(10)8-15(13)17-14/h1-9,17H. The summed E-state index contributed by atoms with van der Waals surface area (Å²) in [6, 6.07) is 14.8. The number of nitrogens with one attached hydrogen (secondary N) is 1. The SMILES string of the molecule is c1ccc2c(c1)[nH]c1cc3cnccc3cc12. The molecule has 0 saturated heterocycles. The summed E-state index contributed by atoms with van der Waals surface area (Å²) in [6.45, 7) is 0. The second kappa shape index (κ2) is 3.08. The molecule has 2 aromatic heterocycles. The molecule has 0 unspecified atom stereocenters. The summed E-state index contributed by atoms with van der Waals surface area (Å²) in [7, 11) is 0. The first-order chi connectivity index (χ1) is 8.42. The van der Waals surface area contributed by atoms with Crippen LogP contribution in [0.2, 0.25) is 0 Å². The molecule has 0 aliphatic carbocycles. The van der Waals surface area contributed by atoms with Gasteiger partial charge in [0.2, 0.25) is 0 Å². The lowest BCUT2D eigenvalue weighted by Gasteiger charge is -1.97. The van der Waals surface area contributed by atoms with Crippen molar-refractivity contribution in [1.82, 2.24) is 9.97 Å². The van der Waals surface area contributed by atoms with Crippen molar-refractivity contribution in [3.63, 3.8) is 0 Å². The number of aromatic amines is 1. The molecule has 80 valence electrons. The lowest BCUT2D eigenvalue weighted by molar-refractivity contribution is 1.37. The van der Waals surface area contributed by atoms with E-state index in [1.54, 1.807) is 0 Å². The third kappa shape index (κ3) is 1.18. The first kappa shape index (κ1) is 8.76. The van der Waals surface area contributed by atoms with Crippen molar-refractivity contribution in [3.8, 4) is 0 Å². The van der Waals surface area contributed by atoms with Crippen molar-refractivity contribution >= 4 is 32.6 Å². The number of nitrogens with zero attached hydrogens (tertiary/aromatic N) is 1. The number of pyridine rings is 1. The molecular formula is C15H10N2. The van der Waals surface area contributed by atoms with Crippen LogP contribution >= 0.6 is 0 Å². The van der Waals surface area contributed by atoms with E-state index in [1.807, 2.05) is 12.4 Å². The molecule has 0 aliphatic heterocycles. The zero-order valence-corrected chi connectivity index (χ0v) is 9.14. The van der Waals surface area contributed by atoms with Crippen molar-refractivity contribution in [2.24, 2.45) is 0 Å². The topological polar surface area (TPSA) is 28.7 Å². The van der Waals surface area contributed by atoms with Crippen LogP contribution in [0.1, 0.15) is 0 Å². The molecule has 2 heterocycles. The summed E-state index contributed by atoms with van der Waals surface area (Å²) < 4.78 is 0. The lowest BCUT2D eigenvalue weighted by atomic mass is 10.1. The predicted molar refractivity (Wildman–Crippen MR) is 71.1 cm³/mol. The Morgan fingerprint density at radius 3 is 2.76 bits per heavy atom. The van der Waals surface area contributed by atoms with Gasteiger partial charge in [-0.05, 0) is 29.7 Å². The average molecular weight is 218 g/mol. The van der Waals surface area contributed by atoms with Gasteiger partial charge in [-0.1, -0.05) is 18.2 Å². The molecule has 1 N–H and O–H groups in total. The number of hydrogen-bond donors (Lipinski definition) is 1. The highest BCUT2D eigenvalue weighted by molar-refractivity contribution is 6.11. The molecule has 0 amide bonds. The average Bonchev–Trinajstić information content (AvgIpc) is 2.73. The zero-order valence-electron chi connectivity index (χ0n) is 9.14. The molecular weight excluding hydrogens is 208 g/mol. The van der Waals surface area contributed by atoms with Crippen LogP contribution in [0, 0.1) is 0 Å². The molecule has 0 aliphatic rings. The van der Waals surface area contributed by atoms with E-state index in [4.69, 9.17) is 0 Å². The van der Waals surface area contributed by atoms with E-state index in [9.17, 15) is 0 Å². The smallest absolute Gasteiger partial charge is 0.0471 e. The first-order valence-electron chi connectivity index (χ1n) is 5.66. The van der Waals surface area contributed by atoms with E-state index >= 15 is 0 Å². The molecule has 0 spiro atoms. The fourth-order valence-electron chi connectivity index (χ4n) is 2.43. The first-order valence-corrected chi connectivity index (χ1v) is 5.66. The Balaban J connectivity index is 2.28. The number of rotatable bonds is 0. The highest BCUT2D eigenvalue weighted by Crippen LogP contribution is 2.28. The van der Waals surface area contributed by atoms with E-state index < -0.39 is 0 Å². The predicted octanol–water partition coefficient (Wildman–Crippen LogP) is 3.87. The van der Waals surface area contributed by atoms with Gasteiger partial charge >= 0.3 is 0 Å². The van der Waals surface area contributed by atoms with Crippen LogP contribution in [-0.2, 0) is 0 Å². The number of fused-ring (bicyclic) bond motifs is 4. The summed E-state index contributed by atoms with van der Waals surface area (Å²) in [4.78, 5) is 7.60. The van der Waals surface area contributed by atoms with Crippen LogP contribution in [0.15, 0.2) is 54.9 Å². The van der Waals surface area contributed by atoms with Crippen LogP contribution in [-0.4, -0.2) is 9.97 Å². The highest BCUT2D eigenvalue weighted by atomic mass is 14.7. The molecule has 0 saturated carbocycles. The number of aromatic nitrogens is 2. The molecule has 0 fully saturated rings.